The number of aliphatic hydroxyl groups excluding tert-OH is 1. The van der Waals surface area contributed by atoms with Crippen LogP contribution in [-0.4, -0.2) is 31.6 Å². The van der Waals surface area contributed by atoms with E-state index < -0.39 is 9.84 Å². The van der Waals surface area contributed by atoms with E-state index in [2.05, 4.69) is 6.58 Å². The summed E-state index contributed by atoms with van der Waals surface area (Å²) in [6.45, 7) is 3.61. The first kappa shape index (κ1) is 9.74. The third-order valence-electron chi connectivity index (χ3n) is 2.13. The van der Waals surface area contributed by atoms with Crippen LogP contribution >= 0.6 is 0 Å². The van der Waals surface area contributed by atoms with Crippen molar-refractivity contribution < 1.29 is 13.5 Å². The van der Waals surface area contributed by atoms with Gasteiger partial charge in [0.25, 0.3) is 0 Å². The monoisotopic (exact) mass is 190 g/mol. The van der Waals surface area contributed by atoms with Crippen LogP contribution < -0.4 is 0 Å². The predicted molar refractivity (Wildman–Crippen MR) is 47.6 cm³/mol. The molecule has 1 unspecified atom stereocenters. The molecular weight excluding hydrogens is 176 g/mol. The molecule has 1 aliphatic rings. The molecule has 1 aliphatic heterocycles. The Morgan fingerprint density at radius 2 is 2.25 bits per heavy atom. The molecule has 70 valence electrons. The van der Waals surface area contributed by atoms with Gasteiger partial charge in [-0.25, -0.2) is 8.42 Å². The summed E-state index contributed by atoms with van der Waals surface area (Å²) in [5, 5.41) is 8.68. The fourth-order valence-electron chi connectivity index (χ4n) is 1.51. The summed E-state index contributed by atoms with van der Waals surface area (Å²) in [6.07, 6.45) is 1.37. The van der Waals surface area contributed by atoms with E-state index in [-0.39, 0.29) is 18.3 Å². The highest BCUT2D eigenvalue weighted by Gasteiger charge is 2.27. The molecule has 0 aromatic heterocycles. The lowest BCUT2D eigenvalue weighted by atomic mass is 10.0. The van der Waals surface area contributed by atoms with Crippen LogP contribution in [0.25, 0.3) is 0 Å². The van der Waals surface area contributed by atoms with Crippen LogP contribution in [0.1, 0.15) is 12.8 Å². The standard InChI is InChI=1S/C8H14O3S/c1-7(5-9)4-8-2-3-12(10,11)6-8/h8-9H,1-6H2. The van der Waals surface area contributed by atoms with Crippen molar-refractivity contribution in [3.63, 3.8) is 0 Å². The number of aliphatic hydroxyl groups is 1. The minimum atomic E-state index is -2.77. The molecule has 0 radical (unpaired) electrons. The second-order valence-electron chi connectivity index (χ2n) is 3.38. The van der Waals surface area contributed by atoms with Gasteiger partial charge in [-0.2, -0.15) is 0 Å². The molecule has 0 aromatic carbocycles. The van der Waals surface area contributed by atoms with E-state index in [0.717, 1.165) is 12.0 Å². The van der Waals surface area contributed by atoms with Gasteiger partial charge in [0.2, 0.25) is 0 Å². The third-order valence-corrected chi connectivity index (χ3v) is 3.96. The first-order valence-electron chi connectivity index (χ1n) is 4.01. The van der Waals surface area contributed by atoms with E-state index >= 15 is 0 Å². The molecule has 0 aromatic rings. The van der Waals surface area contributed by atoms with Crippen LogP contribution in [0, 0.1) is 5.92 Å². The Labute approximate surface area is 73.0 Å². The minimum Gasteiger partial charge on any atom is -0.392 e. The Kier molecular flexibility index (Phi) is 2.90. The van der Waals surface area contributed by atoms with Gasteiger partial charge >= 0.3 is 0 Å². The highest BCUT2D eigenvalue weighted by Crippen LogP contribution is 2.23. The largest absolute Gasteiger partial charge is 0.392 e. The van der Waals surface area contributed by atoms with Gasteiger partial charge in [-0.05, 0) is 18.8 Å². The number of rotatable bonds is 3. The summed E-state index contributed by atoms with van der Waals surface area (Å²) < 4.78 is 22.0. The fraction of sp³-hybridized carbons (Fsp3) is 0.750. The molecular formula is C8H14O3S. The van der Waals surface area contributed by atoms with Gasteiger partial charge in [0.05, 0.1) is 18.1 Å². The maximum absolute atomic E-state index is 11.0. The molecule has 0 spiro atoms. The van der Waals surface area contributed by atoms with Crippen LogP contribution in [0.2, 0.25) is 0 Å². The molecule has 0 aliphatic carbocycles. The molecule has 0 saturated carbocycles. The average molecular weight is 190 g/mol. The second kappa shape index (κ2) is 3.58. The van der Waals surface area contributed by atoms with Crippen molar-refractivity contribution in [2.45, 2.75) is 12.8 Å². The van der Waals surface area contributed by atoms with Crippen molar-refractivity contribution in [2.75, 3.05) is 18.1 Å². The molecule has 0 bridgehead atoms. The van der Waals surface area contributed by atoms with Gasteiger partial charge in [0.1, 0.15) is 0 Å². The van der Waals surface area contributed by atoms with Gasteiger partial charge in [-0.1, -0.05) is 12.2 Å². The van der Waals surface area contributed by atoms with Crippen molar-refractivity contribution in [1.82, 2.24) is 0 Å². The van der Waals surface area contributed by atoms with Crippen molar-refractivity contribution in [3.8, 4) is 0 Å². The van der Waals surface area contributed by atoms with Gasteiger partial charge < -0.3 is 5.11 Å². The Morgan fingerprint density at radius 3 is 2.67 bits per heavy atom. The first-order valence-corrected chi connectivity index (χ1v) is 5.83. The normalized spacial score (nSPS) is 27.2. The van der Waals surface area contributed by atoms with Crippen molar-refractivity contribution in [3.05, 3.63) is 12.2 Å². The maximum Gasteiger partial charge on any atom is 0.150 e. The Balaban J connectivity index is 2.43. The zero-order chi connectivity index (χ0) is 9.19. The van der Waals surface area contributed by atoms with Crippen LogP contribution in [0.5, 0.6) is 0 Å². The highest BCUT2D eigenvalue weighted by molar-refractivity contribution is 7.91. The van der Waals surface area contributed by atoms with Gasteiger partial charge in [0.15, 0.2) is 9.84 Å². The van der Waals surface area contributed by atoms with Crippen molar-refractivity contribution in [1.29, 1.82) is 0 Å². The number of sulfone groups is 1. The van der Waals surface area contributed by atoms with Crippen LogP contribution in [0.4, 0.5) is 0 Å². The van der Waals surface area contributed by atoms with E-state index in [0.29, 0.717) is 12.2 Å². The van der Waals surface area contributed by atoms with Gasteiger partial charge in [-0.15, -0.1) is 0 Å². The zero-order valence-corrected chi connectivity index (χ0v) is 7.81. The summed E-state index contributed by atoms with van der Waals surface area (Å²) in [6, 6.07) is 0. The molecule has 1 rings (SSSR count). The Morgan fingerprint density at radius 1 is 1.58 bits per heavy atom. The lowest BCUT2D eigenvalue weighted by molar-refractivity contribution is 0.321. The second-order valence-corrected chi connectivity index (χ2v) is 5.61. The molecule has 1 N–H and O–H groups in total. The summed E-state index contributed by atoms with van der Waals surface area (Å²) in [7, 11) is -2.77. The number of hydrogen-bond donors (Lipinski definition) is 1. The third kappa shape index (κ3) is 2.60. The Bertz CT molecular complexity index is 266. The lowest BCUT2D eigenvalue weighted by Gasteiger charge is -2.06. The fourth-order valence-corrected chi connectivity index (χ4v) is 3.37. The first-order chi connectivity index (χ1) is 5.53. The summed E-state index contributed by atoms with van der Waals surface area (Å²) in [4.78, 5) is 0. The van der Waals surface area contributed by atoms with Gasteiger partial charge in [0, 0.05) is 0 Å². The van der Waals surface area contributed by atoms with Crippen molar-refractivity contribution >= 4 is 9.84 Å². The maximum atomic E-state index is 11.0. The van der Waals surface area contributed by atoms with Gasteiger partial charge in [-0.3, -0.25) is 0 Å². The molecule has 3 nitrogen and oxygen atoms in total. The predicted octanol–water partition coefficient (Wildman–Crippen LogP) is 0.360. The van der Waals surface area contributed by atoms with E-state index in [1.165, 1.54) is 0 Å². The molecule has 1 heterocycles. The lowest BCUT2D eigenvalue weighted by Crippen LogP contribution is -2.06. The summed E-state index contributed by atoms with van der Waals surface area (Å²) in [5.74, 6) is 0.761. The zero-order valence-electron chi connectivity index (χ0n) is 6.99. The smallest absolute Gasteiger partial charge is 0.150 e. The average Bonchev–Trinajstić information content (AvgIpc) is 2.30. The molecule has 1 saturated heterocycles. The molecule has 4 heteroatoms. The number of hydrogen-bond acceptors (Lipinski definition) is 3. The van der Waals surface area contributed by atoms with Crippen LogP contribution in [0.3, 0.4) is 0 Å². The van der Waals surface area contributed by atoms with Crippen molar-refractivity contribution in [2.24, 2.45) is 5.92 Å². The van der Waals surface area contributed by atoms with Crippen LogP contribution in [-0.2, 0) is 9.84 Å². The van der Waals surface area contributed by atoms with E-state index in [4.69, 9.17) is 5.11 Å². The highest BCUT2D eigenvalue weighted by atomic mass is 32.2. The summed E-state index contributed by atoms with van der Waals surface area (Å²) in [5.41, 5.74) is 0.733. The Hall–Kier alpha value is -0.350. The molecule has 0 amide bonds. The molecule has 1 atom stereocenters. The van der Waals surface area contributed by atoms with E-state index in [1.54, 1.807) is 0 Å². The quantitative estimate of drug-likeness (QED) is 0.654. The molecule has 1 fully saturated rings. The minimum absolute atomic E-state index is 0.0312. The SMILES string of the molecule is C=C(CO)CC1CCS(=O)(=O)C1. The topological polar surface area (TPSA) is 54.4 Å². The summed E-state index contributed by atoms with van der Waals surface area (Å²) >= 11 is 0. The van der Waals surface area contributed by atoms with Crippen LogP contribution in [0.15, 0.2) is 12.2 Å². The van der Waals surface area contributed by atoms with E-state index in [1.807, 2.05) is 0 Å². The molecule has 12 heavy (non-hydrogen) atoms. The van der Waals surface area contributed by atoms with E-state index in [9.17, 15) is 8.42 Å².